The summed E-state index contributed by atoms with van der Waals surface area (Å²) in [7, 11) is 0. The van der Waals surface area contributed by atoms with E-state index in [4.69, 9.17) is 5.11 Å². The third kappa shape index (κ3) is 1.63. The summed E-state index contributed by atoms with van der Waals surface area (Å²) in [6.07, 6.45) is 3.67. The molecule has 2 heterocycles. The van der Waals surface area contributed by atoms with Gasteiger partial charge in [-0.2, -0.15) is 11.8 Å². The predicted molar refractivity (Wildman–Crippen MR) is 52.5 cm³/mol. The molecule has 0 amide bonds. The fraction of sp³-hybridized carbons (Fsp3) is 1.00. The van der Waals surface area contributed by atoms with Crippen LogP contribution in [0.3, 0.4) is 0 Å². The van der Waals surface area contributed by atoms with E-state index in [-0.39, 0.29) is 0 Å². The Morgan fingerprint density at radius 2 is 2.50 bits per heavy atom. The highest BCUT2D eigenvalue weighted by Crippen LogP contribution is 2.46. The molecule has 2 N–H and O–H groups in total. The molecule has 2 aliphatic heterocycles. The highest BCUT2D eigenvalue weighted by atomic mass is 32.2. The zero-order valence-electron chi connectivity index (χ0n) is 7.38. The number of nitrogens with one attached hydrogen (secondary N) is 1. The van der Waals surface area contributed by atoms with Gasteiger partial charge in [-0.15, -0.1) is 0 Å². The lowest BCUT2D eigenvalue weighted by molar-refractivity contribution is 0.258. The molecule has 2 saturated heterocycles. The second kappa shape index (κ2) is 3.56. The largest absolute Gasteiger partial charge is 0.396 e. The van der Waals surface area contributed by atoms with Gasteiger partial charge in [0, 0.05) is 17.9 Å². The normalized spacial score (nSPS) is 41.2. The topological polar surface area (TPSA) is 32.3 Å². The van der Waals surface area contributed by atoms with Gasteiger partial charge in [0.25, 0.3) is 0 Å². The van der Waals surface area contributed by atoms with Crippen LogP contribution in [-0.2, 0) is 0 Å². The minimum absolute atomic E-state index is 0.370. The monoisotopic (exact) mass is 187 g/mol. The summed E-state index contributed by atoms with van der Waals surface area (Å²) in [4.78, 5) is 0. The van der Waals surface area contributed by atoms with Gasteiger partial charge in [0.1, 0.15) is 0 Å². The lowest BCUT2D eigenvalue weighted by atomic mass is 9.93. The van der Waals surface area contributed by atoms with Crippen LogP contribution in [0.2, 0.25) is 0 Å². The van der Waals surface area contributed by atoms with Crippen LogP contribution in [-0.4, -0.2) is 35.3 Å². The van der Waals surface area contributed by atoms with Gasteiger partial charge in [0.05, 0.1) is 0 Å². The van der Waals surface area contributed by atoms with E-state index in [1.54, 1.807) is 0 Å². The molecule has 0 aliphatic carbocycles. The molecule has 0 bridgehead atoms. The zero-order chi connectivity index (χ0) is 8.44. The van der Waals surface area contributed by atoms with Crippen molar-refractivity contribution in [2.45, 2.75) is 24.0 Å². The van der Waals surface area contributed by atoms with E-state index >= 15 is 0 Å². The average Bonchev–Trinajstić information content (AvgIpc) is 2.65. The summed E-state index contributed by atoms with van der Waals surface area (Å²) in [5, 5.41) is 12.3. The lowest BCUT2D eigenvalue weighted by Crippen LogP contribution is -2.25. The first-order valence-corrected chi connectivity index (χ1v) is 5.79. The summed E-state index contributed by atoms with van der Waals surface area (Å²) >= 11 is 2.13. The van der Waals surface area contributed by atoms with E-state index in [0.717, 1.165) is 12.3 Å². The fourth-order valence-corrected chi connectivity index (χ4v) is 4.00. The zero-order valence-corrected chi connectivity index (χ0v) is 8.20. The molecule has 0 aromatic carbocycles. The quantitative estimate of drug-likeness (QED) is 0.672. The Morgan fingerprint density at radius 3 is 3.17 bits per heavy atom. The molecule has 2 fully saturated rings. The van der Waals surface area contributed by atoms with Crippen molar-refractivity contribution in [2.75, 3.05) is 25.4 Å². The van der Waals surface area contributed by atoms with Crippen molar-refractivity contribution < 1.29 is 5.11 Å². The van der Waals surface area contributed by atoms with Crippen LogP contribution in [0.15, 0.2) is 0 Å². The summed E-state index contributed by atoms with van der Waals surface area (Å²) in [5.74, 6) is 2.04. The van der Waals surface area contributed by atoms with Crippen molar-refractivity contribution >= 4 is 11.8 Å². The van der Waals surface area contributed by atoms with Gasteiger partial charge in [0.15, 0.2) is 0 Å². The number of thioether (sulfide) groups is 1. The maximum Gasteiger partial charge on any atom is 0.0433 e. The smallest absolute Gasteiger partial charge is 0.0433 e. The first kappa shape index (κ1) is 8.85. The van der Waals surface area contributed by atoms with Gasteiger partial charge in [0.2, 0.25) is 0 Å². The average molecular weight is 187 g/mol. The third-order valence-corrected chi connectivity index (χ3v) is 4.79. The molecule has 2 atom stereocenters. The maximum absolute atomic E-state index is 8.83. The Labute approximate surface area is 78.1 Å². The number of hydrogen-bond acceptors (Lipinski definition) is 3. The molecule has 0 saturated carbocycles. The van der Waals surface area contributed by atoms with Gasteiger partial charge in [-0.05, 0) is 37.5 Å². The van der Waals surface area contributed by atoms with Crippen molar-refractivity contribution in [1.82, 2.24) is 5.32 Å². The number of hydrogen-bond donors (Lipinski definition) is 2. The SMILES string of the molecule is OCCC1CSC2(CCNC2)C1. The van der Waals surface area contributed by atoms with Crippen LogP contribution >= 0.6 is 11.8 Å². The minimum Gasteiger partial charge on any atom is -0.396 e. The van der Waals surface area contributed by atoms with Crippen LogP contribution in [0.1, 0.15) is 19.3 Å². The van der Waals surface area contributed by atoms with Crippen molar-refractivity contribution in [1.29, 1.82) is 0 Å². The molecule has 2 unspecified atom stereocenters. The highest BCUT2D eigenvalue weighted by molar-refractivity contribution is 8.01. The van der Waals surface area contributed by atoms with Gasteiger partial charge in [-0.3, -0.25) is 0 Å². The van der Waals surface area contributed by atoms with Crippen molar-refractivity contribution in [3.05, 3.63) is 0 Å². The molecule has 70 valence electrons. The van der Waals surface area contributed by atoms with E-state index in [1.807, 2.05) is 0 Å². The molecule has 0 aromatic rings. The Bertz CT molecular complexity index is 157. The molecule has 0 aromatic heterocycles. The summed E-state index contributed by atoms with van der Waals surface area (Å²) in [6.45, 7) is 2.76. The van der Waals surface area contributed by atoms with E-state index in [1.165, 1.54) is 31.7 Å². The van der Waals surface area contributed by atoms with Crippen molar-refractivity contribution in [2.24, 2.45) is 5.92 Å². The number of rotatable bonds is 2. The van der Waals surface area contributed by atoms with Crippen LogP contribution in [0.4, 0.5) is 0 Å². The molecule has 2 aliphatic rings. The summed E-state index contributed by atoms with van der Waals surface area (Å²) in [5.41, 5.74) is 0. The number of aliphatic hydroxyl groups excluding tert-OH is 1. The van der Waals surface area contributed by atoms with Crippen LogP contribution in [0, 0.1) is 5.92 Å². The minimum atomic E-state index is 0.370. The van der Waals surface area contributed by atoms with Crippen molar-refractivity contribution in [3.63, 3.8) is 0 Å². The van der Waals surface area contributed by atoms with E-state index < -0.39 is 0 Å². The van der Waals surface area contributed by atoms with E-state index in [0.29, 0.717) is 11.4 Å². The first-order chi connectivity index (χ1) is 5.85. The molecule has 2 nitrogen and oxygen atoms in total. The molecule has 1 spiro atoms. The molecular weight excluding hydrogens is 170 g/mol. The first-order valence-electron chi connectivity index (χ1n) is 4.80. The summed E-state index contributed by atoms with van der Waals surface area (Å²) < 4.78 is 0.555. The van der Waals surface area contributed by atoms with Crippen LogP contribution in [0.25, 0.3) is 0 Å². The molecule has 0 radical (unpaired) electrons. The molecule has 12 heavy (non-hydrogen) atoms. The molecular formula is C9H17NOS. The maximum atomic E-state index is 8.83. The number of aliphatic hydroxyl groups is 1. The van der Waals surface area contributed by atoms with E-state index in [9.17, 15) is 0 Å². The molecule has 3 heteroatoms. The second-order valence-electron chi connectivity index (χ2n) is 4.00. The summed E-state index contributed by atoms with van der Waals surface area (Å²) in [6, 6.07) is 0. The second-order valence-corrected chi connectivity index (χ2v) is 5.49. The Morgan fingerprint density at radius 1 is 1.58 bits per heavy atom. The van der Waals surface area contributed by atoms with Gasteiger partial charge < -0.3 is 10.4 Å². The Kier molecular flexibility index (Phi) is 2.63. The standard InChI is InChI=1S/C9H17NOS/c11-4-1-8-5-9(12-6-8)2-3-10-7-9/h8,10-11H,1-7H2. The fourth-order valence-electron chi connectivity index (χ4n) is 2.32. The van der Waals surface area contributed by atoms with Crippen LogP contribution in [0.5, 0.6) is 0 Å². The van der Waals surface area contributed by atoms with Gasteiger partial charge in [-0.25, -0.2) is 0 Å². The predicted octanol–water partition coefficient (Wildman–Crippen LogP) is 0.854. The van der Waals surface area contributed by atoms with Crippen molar-refractivity contribution in [3.8, 4) is 0 Å². The van der Waals surface area contributed by atoms with Gasteiger partial charge in [-0.1, -0.05) is 0 Å². The lowest BCUT2D eigenvalue weighted by Gasteiger charge is -2.20. The van der Waals surface area contributed by atoms with Gasteiger partial charge >= 0.3 is 0 Å². The highest BCUT2D eigenvalue weighted by Gasteiger charge is 2.41. The van der Waals surface area contributed by atoms with E-state index in [2.05, 4.69) is 17.1 Å². The Balaban J connectivity index is 1.88. The Hall–Kier alpha value is 0.270. The molecule has 2 rings (SSSR count). The van der Waals surface area contributed by atoms with Crippen LogP contribution < -0.4 is 5.32 Å². The third-order valence-electron chi connectivity index (χ3n) is 3.03.